The van der Waals surface area contributed by atoms with Gasteiger partial charge in [-0.15, -0.1) is 0 Å². The number of ether oxygens (including phenoxy) is 1. The van der Waals surface area contributed by atoms with Gasteiger partial charge in [0.05, 0.1) is 12.8 Å². The first kappa shape index (κ1) is 18.5. The van der Waals surface area contributed by atoms with Gasteiger partial charge in [-0.25, -0.2) is 5.43 Å². The molecule has 1 N–H and O–H groups in total. The minimum Gasteiger partial charge on any atom is -0.493 e. The van der Waals surface area contributed by atoms with Gasteiger partial charge < -0.3 is 9.64 Å². The van der Waals surface area contributed by atoms with Crippen molar-refractivity contribution in [3.63, 3.8) is 0 Å². The molecule has 0 aliphatic heterocycles. The maximum Gasteiger partial charge on any atom is 0.271 e. The van der Waals surface area contributed by atoms with Gasteiger partial charge >= 0.3 is 0 Å². The van der Waals surface area contributed by atoms with Gasteiger partial charge in [0.1, 0.15) is 5.75 Å². The topological polar surface area (TPSA) is 53.9 Å². The summed E-state index contributed by atoms with van der Waals surface area (Å²) in [6.45, 7) is 4.84. The van der Waals surface area contributed by atoms with E-state index in [9.17, 15) is 4.79 Å². The van der Waals surface area contributed by atoms with Gasteiger partial charge in [-0.2, -0.15) is 5.10 Å². The van der Waals surface area contributed by atoms with Crippen LogP contribution in [0.3, 0.4) is 0 Å². The molecule has 2 aromatic rings. The van der Waals surface area contributed by atoms with Crippen LogP contribution in [-0.2, 0) is 0 Å². The van der Waals surface area contributed by atoms with E-state index in [0.717, 1.165) is 17.0 Å². The van der Waals surface area contributed by atoms with Crippen molar-refractivity contribution < 1.29 is 9.53 Å². The van der Waals surface area contributed by atoms with Crippen molar-refractivity contribution in [2.75, 3.05) is 25.6 Å². The predicted octanol–water partition coefficient (Wildman–Crippen LogP) is 3.55. The number of hydrazone groups is 1. The van der Waals surface area contributed by atoms with Crippen molar-refractivity contribution in [3.05, 3.63) is 59.7 Å². The number of amides is 1. The van der Waals surface area contributed by atoms with Gasteiger partial charge in [0, 0.05) is 25.3 Å². The normalized spacial score (nSPS) is 10.9. The molecule has 132 valence electrons. The van der Waals surface area contributed by atoms with Crippen molar-refractivity contribution in [3.8, 4) is 5.75 Å². The van der Waals surface area contributed by atoms with Crippen LogP contribution < -0.4 is 15.1 Å². The summed E-state index contributed by atoms with van der Waals surface area (Å²) in [5.41, 5.74) is 5.10. The number of rotatable bonds is 7. The maximum atomic E-state index is 12.1. The molecule has 0 aromatic heterocycles. The Balaban J connectivity index is 1.88. The number of benzene rings is 2. The van der Waals surface area contributed by atoms with E-state index in [0.29, 0.717) is 18.1 Å². The average molecular weight is 339 g/mol. The van der Waals surface area contributed by atoms with E-state index >= 15 is 0 Å². The number of carbonyl (C=O) groups is 1. The zero-order chi connectivity index (χ0) is 18.2. The minimum absolute atomic E-state index is 0.253. The fourth-order valence-corrected chi connectivity index (χ4v) is 2.05. The van der Waals surface area contributed by atoms with Crippen LogP contribution in [0.15, 0.2) is 53.6 Å². The van der Waals surface area contributed by atoms with Crippen molar-refractivity contribution in [1.82, 2.24) is 5.43 Å². The zero-order valence-corrected chi connectivity index (χ0v) is 15.2. The molecule has 0 fully saturated rings. The Labute approximate surface area is 149 Å². The van der Waals surface area contributed by atoms with Crippen LogP contribution in [0, 0.1) is 5.92 Å². The molecule has 0 bridgehead atoms. The summed E-state index contributed by atoms with van der Waals surface area (Å²) in [4.78, 5) is 14.1. The van der Waals surface area contributed by atoms with Gasteiger partial charge in [0.25, 0.3) is 5.91 Å². The Morgan fingerprint density at radius 1 is 1.12 bits per heavy atom. The fourth-order valence-electron chi connectivity index (χ4n) is 2.05. The molecule has 1 amide bonds. The largest absolute Gasteiger partial charge is 0.493 e. The fraction of sp³-hybridized carbons (Fsp3) is 0.300. The molecule has 0 atom stereocenters. The summed E-state index contributed by atoms with van der Waals surface area (Å²) in [6.07, 6.45) is 1.62. The standard InChI is InChI=1S/C20H25N3O2/c1-15(2)14-25-19-11-7-17(8-12-19)20(24)22-21-13-16-5-9-18(10-6-16)23(3)4/h5-13,15H,14H2,1-4H3,(H,22,24)/b21-13+. The molecule has 0 aliphatic rings. The SMILES string of the molecule is CC(C)COc1ccc(C(=O)N/N=C/c2ccc(N(C)C)cc2)cc1. The van der Waals surface area contributed by atoms with Crippen LogP contribution in [-0.4, -0.2) is 32.8 Å². The second-order valence-electron chi connectivity index (χ2n) is 6.41. The summed E-state index contributed by atoms with van der Waals surface area (Å²) >= 11 is 0. The highest BCUT2D eigenvalue weighted by Gasteiger charge is 2.05. The first-order valence-electron chi connectivity index (χ1n) is 8.29. The van der Waals surface area contributed by atoms with Crippen LogP contribution in [0.2, 0.25) is 0 Å². The molecule has 25 heavy (non-hydrogen) atoms. The lowest BCUT2D eigenvalue weighted by molar-refractivity contribution is 0.0955. The Hall–Kier alpha value is -2.82. The molecule has 0 spiro atoms. The van der Waals surface area contributed by atoms with Crippen LogP contribution >= 0.6 is 0 Å². The Kier molecular flexibility index (Phi) is 6.57. The summed E-state index contributed by atoms with van der Waals surface area (Å²) in [6, 6.07) is 14.9. The number of hydrogen-bond donors (Lipinski definition) is 1. The van der Waals surface area contributed by atoms with Crippen molar-refractivity contribution in [2.24, 2.45) is 11.0 Å². The zero-order valence-electron chi connectivity index (χ0n) is 15.2. The molecule has 0 heterocycles. The molecular weight excluding hydrogens is 314 g/mol. The highest BCUT2D eigenvalue weighted by molar-refractivity contribution is 5.95. The molecule has 2 rings (SSSR count). The molecule has 5 heteroatoms. The van der Waals surface area contributed by atoms with Gasteiger partial charge in [0.15, 0.2) is 0 Å². The minimum atomic E-state index is -0.253. The number of nitrogens with one attached hydrogen (secondary N) is 1. The quantitative estimate of drug-likeness (QED) is 0.620. The second kappa shape index (κ2) is 8.87. The lowest BCUT2D eigenvalue weighted by Gasteiger charge is -2.11. The third-order valence-corrected chi connectivity index (χ3v) is 3.49. The van der Waals surface area contributed by atoms with E-state index in [-0.39, 0.29) is 5.91 Å². The van der Waals surface area contributed by atoms with E-state index < -0.39 is 0 Å². The van der Waals surface area contributed by atoms with Crippen LogP contribution in [0.4, 0.5) is 5.69 Å². The first-order valence-corrected chi connectivity index (χ1v) is 8.29. The van der Waals surface area contributed by atoms with Gasteiger partial charge in [-0.05, 0) is 47.9 Å². The van der Waals surface area contributed by atoms with E-state index in [4.69, 9.17) is 4.74 Å². The number of nitrogens with zero attached hydrogens (tertiary/aromatic N) is 2. The lowest BCUT2D eigenvalue weighted by Crippen LogP contribution is -2.17. The monoisotopic (exact) mass is 339 g/mol. The van der Waals surface area contributed by atoms with Crippen molar-refractivity contribution >= 4 is 17.8 Å². The van der Waals surface area contributed by atoms with Crippen molar-refractivity contribution in [1.29, 1.82) is 0 Å². The molecule has 0 aliphatic carbocycles. The summed E-state index contributed by atoms with van der Waals surface area (Å²) < 4.78 is 5.60. The molecule has 2 aromatic carbocycles. The first-order chi connectivity index (χ1) is 12.0. The van der Waals surface area contributed by atoms with Gasteiger partial charge in [-0.3, -0.25) is 4.79 Å². The van der Waals surface area contributed by atoms with Gasteiger partial charge in [-0.1, -0.05) is 26.0 Å². The van der Waals surface area contributed by atoms with Crippen LogP contribution in [0.5, 0.6) is 5.75 Å². The van der Waals surface area contributed by atoms with E-state index in [2.05, 4.69) is 24.4 Å². The van der Waals surface area contributed by atoms with E-state index in [1.807, 2.05) is 43.3 Å². The molecule has 0 saturated heterocycles. The molecule has 0 saturated carbocycles. The second-order valence-corrected chi connectivity index (χ2v) is 6.41. The highest BCUT2D eigenvalue weighted by Crippen LogP contribution is 2.13. The van der Waals surface area contributed by atoms with Gasteiger partial charge in [0.2, 0.25) is 0 Å². The molecule has 0 unspecified atom stereocenters. The number of carbonyl (C=O) groups excluding carboxylic acids is 1. The Morgan fingerprint density at radius 3 is 2.32 bits per heavy atom. The molecular formula is C20H25N3O2. The maximum absolute atomic E-state index is 12.1. The highest BCUT2D eigenvalue weighted by atomic mass is 16.5. The predicted molar refractivity (Wildman–Crippen MR) is 103 cm³/mol. The summed E-state index contributed by atoms with van der Waals surface area (Å²) in [7, 11) is 3.98. The average Bonchev–Trinajstić information content (AvgIpc) is 2.60. The Morgan fingerprint density at radius 2 is 1.76 bits per heavy atom. The molecule has 0 radical (unpaired) electrons. The van der Waals surface area contributed by atoms with Crippen LogP contribution in [0.1, 0.15) is 29.8 Å². The third kappa shape index (κ3) is 5.95. The van der Waals surface area contributed by atoms with Crippen molar-refractivity contribution in [2.45, 2.75) is 13.8 Å². The lowest BCUT2D eigenvalue weighted by atomic mass is 10.2. The number of anilines is 1. The third-order valence-electron chi connectivity index (χ3n) is 3.49. The van der Waals surface area contributed by atoms with E-state index in [1.165, 1.54) is 0 Å². The molecule has 5 nitrogen and oxygen atoms in total. The Bertz CT molecular complexity index is 705. The van der Waals surface area contributed by atoms with Crippen LogP contribution in [0.25, 0.3) is 0 Å². The smallest absolute Gasteiger partial charge is 0.271 e. The number of hydrogen-bond acceptors (Lipinski definition) is 4. The summed E-state index contributed by atoms with van der Waals surface area (Å²) in [5.74, 6) is 0.968. The van der Waals surface area contributed by atoms with E-state index in [1.54, 1.807) is 30.5 Å². The summed E-state index contributed by atoms with van der Waals surface area (Å²) in [5, 5.41) is 4.00.